The molecule has 0 saturated carbocycles. The lowest BCUT2D eigenvalue weighted by atomic mass is 10.2. The van der Waals surface area contributed by atoms with Gasteiger partial charge in [-0.05, 0) is 25.5 Å². The fourth-order valence-corrected chi connectivity index (χ4v) is 1.61. The van der Waals surface area contributed by atoms with Crippen LogP contribution in [0.3, 0.4) is 0 Å². The highest BCUT2D eigenvalue weighted by Gasteiger charge is 2.03. The Kier molecular flexibility index (Phi) is 4.88. The van der Waals surface area contributed by atoms with Crippen molar-refractivity contribution in [3.63, 3.8) is 0 Å². The summed E-state index contributed by atoms with van der Waals surface area (Å²) in [6.45, 7) is 6.39. The van der Waals surface area contributed by atoms with E-state index in [4.69, 9.17) is 0 Å². The molecule has 0 radical (unpaired) electrons. The summed E-state index contributed by atoms with van der Waals surface area (Å²) in [6.07, 6.45) is 3.29. The minimum Gasteiger partial charge on any atom is -0.372 e. The zero-order valence-corrected chi connectivity index (χ0v) is 9.57. The van der Waals surface area contributed by atoms with Gasteiger partial charge in [0.05, 0.1) is 0 Å². The lowest BCUT2D eigenvalue weighted by molar-refractivity contribution is 0.112. The summed E-state index contributed by atoms with van der Waals surface area (Å²) in [4.78, 5) is 13.0. The van der Waals surface area contributed by atoms with E-state index < -0.39 is 0 Å². The monoisotopic (exact) mass is 205 g/mol. The summed E-state index contributed by atoms with van der Waals surface area (Å²) >= 11 is 0. The van der Waals surface area contributed by atoms with Gasteiger partial charge in [0.25, 0.3) is 0 Å². The first-order valence-electron chi connectivity index (χ1n) is 5.62. The van der Waals surface area contributed by atoms with Gasteiger partial charge >= 0.3 is 0 Å². The maximum Gasteiger partial charge on any atom is 0.150 e. The van der Waals surface area contributed by atoms with Gasteiger partial charge in [-0.25, -0.2) is 0 Å². The van der Waals surface area contributed by atoms with Gasteiger partial charge in [0, 0.05) is 24.3 Å². The molecule has 0 saturated heterocycles. The van der Waals surface area contributed by atoms with Crippen LogP contribution in [0.5, 0.6) is 0 Å². The highest BCUT2D eigenvalue weighted by Crippen LogP contribution is 2.15. The topological polar surface area (TPSA) is 20.3 Å². The maximum absolute atomic E-state index is 10.7. The van der Waals surface area contributed by atoms with Crippen LogP contribution in [0.25, 0.3) is 0 Å². The van der Waals surface area contributed by atoms with Crippen LogP contribution in [0, 0.1) is 0 Å². The van der Waals surface area contributed by atoms with Crippen LogP contribution in [-0.4, -0.2) is 19.4 Å². The number of aldehydes is 1. The van der Waals surface area contributed by atoms with Crippen LogP contribution in [0.1, 0.15) is 37.0 Å². The van der Waals surface area contributed by atoms with Gasteiger partial charge in [-0.15, -0.1) is 0 Å². The number of carbonyl (C=O) groups excluding carboxylic acids is 1. The van der Waals surface area contributed by atoms with Crippen molar-refractivity contribution in [1.82, 2.24) is 0 Å². The Balaban J connectivity index is 2.76. The Hall–Kier alpha value is -1.31. The zero-order valence-electron chi connectivity index (χ0n) is 9.57. The third-order valence-electron chi connectivity index (χ3n) is 2.53. The minimum atomic E-state index is 0.752. The number of nitrogens with zero attached hydrogens (tertiary/aromatic N) is 1. The normalized spacial score (nSPS) is 10.0. The third-order valence-corrected chi connectivity index (χ3v) is 2.53. The van der Waals surface area contributed by atoms with E-state index in [1.54, 1.807) is 0 Å². The molecular formula is C13H19NO. The molecule has 82 valence electrons. The van der Waals surface area contributed by atoms with E-state index in [1.807, 2.05) is 18.2 Å². The van der Waals surface area contributed by atoms with Crippen molar-refractivity contribution in [3.8, 4) is 0 Å². The largest absolute Gasteiger partial charge is 0.372 e. The van der Waals surface area contributed by atoms with Crippen molar-refractivity contribution in [2.24, 2.45) is 0 Å². The third kappa shape index (κ3) is 3.39. The Bertz CT molecular complexity index is 309. The molecule has 0 atom stereocenters. The standard InChI is InChI=1S/C13H19NO/c1-3-5-9-14(4-2)13-8-6-7-12(10-13)11-15/h6-8,10-11H,3-5,9H2,1-2H3. The quantitative estimate of drug-likeness (QED) is 0.665. The van der Waals surface area contributed by atoms with Gasteiger partial charge < -0.3 is 4.90 Å². The molecule has 0 amide bonds. The summed E-state index contributed by atoms with van der Waals surface area (Å²) in [5.41, 5.74) is 1.90. The van der Waals surface area contributed by atoms with Crippen molar-refractivity contribution in [2.45, 2.75) is 26.7 Å². The highest BCUT2D eigenvalue weighted by atomic mass is 16.1. The molecule has 1 aromatic rings. The summed E-state index contributed by atoms with van der Waals surface area (Å²) in [7, 11) is 0. The van der Waals surface area contributed by atoms with Crippen molar-refractivity contribution >= 4 is 12.0 Å². The fraction of sp³-hybridized carbons (Fsp3) is 0.462. The second-order valence-electron chi connectivity index (χ2n) is 3.65. The Morgan fingerprint density at radius 1 is 1.33 bits per heavy atom. The molecule has 0 aromatic heterocycles. The number of hydrogen-bond acceptors (Lipinski definition) is 2. The molecule has 1 rings (SSSR count). The van der Waals surface area contributed by atoms with Crippen LogP contribution in [0.2, 0.25) is 0 Å². The summed E-state index contributed by atoms with van der Waals surface area (Å²) in [5.74, 6) is 0. The number of rotatable bonds is 6. The average Bonchev–Trinajstić information content (AvgIpc) is 2.30. The van der Waals surface area contributed by atoms with Gasteiger partial charge in [-0.2, -0.15) is 0 Å². The molecular weight excluding hydrogens is 186 g/mol. The van der Waals surface area contributed by atoms with Crippen molar-refractivity contribution in [1.29, 1.82) is 0 Å². The van der Waals surface area contributed by atoms with E-state index in [1.165, 1.54) is 12.8 Å². The fourth-order valence-electron chi connectivity index (χ4n) is 1.61. The van der Waals surface area contributed by atoms with E-state index in [-0.39, 0.29) is 0 Å². The van der Waals surface area contributed by atoms with Gasteiger partial charge in [0.1, 0.15) is 6.29 Å². The summed E-state index contributed by atoms with van der Waals surface area (Å²) in [5, 5.41) is 0. The molecule has 0 aliphatic carbocycles. The molecule has 0 spiro atoms. The van der Waals surface area contributed by atoms with E-state index in [0.29, 0.717) is 0 Å². The predicted octanol–water partition coefficient (Wildman–Crippen LogP) is 3.13. The van der Waals surface area contributed by atoms with Crippen LogP contribution in [0.15, 0.2) is 24.3 Å². The maximum atomic E-state index is 10.7. The number of benzene rings is 1. The average molecular weight is 205 g/mol. The predicted molar refractivity (Wildman–Crippen MR) is 64.6 cm³/mol. The molecule has 0 unspecified atom stereocenters. The van der Waals surface area contributed by atoms with Gasteiger partial charge in [0.2, 0.25) is 0 Å². The number of anilines is 1. The second kappa shape index (κ2) is 6.23. The Morgan fingerprint density at radius 2 is 2.13 bits per heavy atom. The molecule has 15 heavy (non-hydrogen) atoms. The van der Waals surface area contributed by atoms with Crippen molar-refractivity contribution in [2.75, 3.05) is 18.0 Å². The molecule has 0 heterocycles. The first-order chi connectivity index (χ1) is 7.31. The SMILES string of the molecule is CCCCN(CC)c1cccc(C=O)c1. The minimum absolute atomic E-state index is 0.752. The molecule has 1 aromatic carbocycles. The van der Waals surface area contributed by atoms with Crippen LogP contribution < -0.4 is 4.90 Å². The first kappa shape index (κ1) is 11.8. The van der Waals surface area contributed by atoms with Gasteiger partial charge in [-0.1, -0.05) is 25.5 Å². The molecule has 2 heteroatoms. The number of unbranched alkanes of at least 4 members (excludes halogenated alkanes) is 1. The van der Waals surface area contributed by atoms with Crippen molar-refractivity contribution in [3.05, 3.63) is 29.8 Å². The molecule has 2 nitrogen and oxygen atoms in total. The Labute approximate surface area is 91.9 Å². The number of hydrogen-bond donors (Lipinski definition) is 0. The van der Waals surface area contributed by atoms with E-state index in [0.717, 1.165) is 30.6 Å². The molecule has 0 N–H and O–H groups in total. The Morgan fingerprint density at radius 3 is 2.73 bits per heavy atom. The molecule has 0 fully saturated rings. The van der Waals surface area contributed by atoms with Crippen LogP contribution >= 0.6 is 0 Å². The lowest BCUT2D eigenvalue weighted by Gasteiger charge is -2.23. The highest BCUT2D eigenvalue weighted by molar-refractivity contribution is 5.77. The van der Waals surface area contributed by atoms with Gasteiger partial charge in [0.15, 0.2) is 0 Å². The summed E-state index contributed by atoms with van der Waals surface area (Å²) in [6, 6.07) is 7.79. The van der Waals surface area contributed by atoms with E-state index in [2.05, 4.69) is 24.8 Å². The summed E-state index contributed by atoms with van der Waals surface area (Å²) < 4.78 is 0. The van der Waals surface area contributed by atoms with Crippen LogP contribution in [-0.2, 0) is 0 Å². The molecule has 0 bridgehead atoms. The van der Waals surface area contributed by atoms with E-state index in [9.17, 15) is 4.79 Å². The number of carbonyl (C=O) groups is 1. The lowest BCUT2D eigenvalue weighted by Crippen LogP contribution is -2.23. The van der Waals surface area contributed by atoms with Gasteiger partial charge in [-0.3, -0.25) is 4.79 Å². The van der Waals surface area contributed by atoms with Crippen molar-refractivity contribution < 1.29 is 4.79 Å². The van der Waals surface area contributed by atoms with E-state index >= 15 is 0 Å². The molecule has 0 aliphatic heterocycles. The first-order valence-corrected chi connectivity index (χ1v) is 5.62. The smallest absolute Gasteiger partial charge is 0.150 e. The van der Waals surface area contributed by atoms with Crippen LogP contribution in [0.4, 0.5) is 5.69 Å². The zero-order chi connectivity index (χ0) is 11.1. The second-order valence-corrected chi connectivity index (χ2v) is 3.65. The molecule has 0 aliphatic rings.